The number of carbonyl (C=O) groups excluding carboxylic acids is 2. The highest BCUT2D eigenvalue weighted by molar-refractivity contribution is 7.14. The monoisotopic (exact) mass is 323 g/mol. The van der Waals surface area contributed by atoms with Gasteiger partial charge in [-0.05, 0) is 44.7 Å². The molecule has 0 bridgehead atoms. The first-order valence-electron chi connectivity index (χ1n) is 8.12. The topological polar surface area (TPSA) is 55.4 Å². The molecule has 0 spiro atoms. The molecule has 22 heavy (non-hydrogen) atoms. The Hall–Kier alpha value is -1.36. The number of carbonyl (C=O) groups is 2. The second kappa shape index (κ2) is 7.77. The summed E-state index contributed by atoms with van der Waals surface area (Å²) < 4.78 is 5.31. The molecule has 0 saturated heterocycles. The minimum absolute atomic E-state index is 0.191. The van der Waals surface area contributed by atoms with Gasteiger partial charge in [0.05, 0.1) is 0 Å². The van der Waals surface area contributed by atoms with Crippen molar-refractivity contribution in [3.63, 3.8) is 0 Å². The van der Waals surface area contributed by atoms with Crippen LogP contribution in [0.1, 0.15) is 66.1 Å². The molecule has 1 aromatic heterocycles. The molecule has 122 valence electrons. The van der Waals surface area contributed by atoms with E-state index in [0.29, 0.717) is 4.88 Å². The molecule has 1 saturated carbocycles. The van der Waals surface area contributed by atoms with Gasteiger partial charge < -0.3 is 10.1 Å². The Morgan fingerprint density at radius 2 is 2.05 bits per heavy atom. The fourth-order valence-electron chi connectivity index (χ4n) is 2.81. The molecule has 1 fully saturated rings. The average molecular weight is 323 g/mol. The second-order valence-corrected chi connectivity index (χ2v) is 7.10. The zero-order valence-electron chi connectivity index (χ0n) is 13.6. The van der Waals surface area contributed by atoms with E-state index in [1.54, 1.807) is 6.92 Å². The van der Waals surface area contributed by atoms with Crippen molar-refractivity contribution >= 4 is 23.2 Å². The smallest absolute Gasteiger partial charge is 0.349 e. The molecule has 0 radical (unpaired) electrons. The molecule has 0 aliphatic heterocycles. The molecule has 0 aromatic carbocycles. The molecule has 1 amide bonds. The summed E-state index contributed by atoms with van der Waals surface area (Å²) in [5.41, 5.74) is 1.11. The molecule has 1 unspecified atom stereocenters. The van der Waals surface area contributed by atoms with Crippen molar-refractivity contribution in [2.45, 2.75) is 71.4 Å². The number of amides is 1. The summed E-state index contributed by atoms with van der Waals surface area (Å²) in [6, 6.07) is 2.08. The van der Waals surface area contributed by atoms with Crippen molar-refractivity contribution in [2.24, 2.45) is 0 Å². The maximum Gasteiger partial charge on any atom is 0.349 e. The van der Waals surface area contributed by atoms with Crippen LogP contribution < -0.4 is 5.32 Å². The molecule has 1 heterocycles. The second-order valence-electron chi connectivity index (χ2n) is 5.96. The van der Waals surface area contributed by atoms with E-state index in [-0.39, 0.29) is 11.9 Å². The molecular weight excluding hydrogens is 298 g/mol. The van der Waals surface area contributed by atoms with E-state index in [0.717, 1.165) is 37.7 Å². The van der Waals surface area contributed by atoms with Gasteiger partial charge in [0, 0.05) is 10.9 Å². The van der Waals surface area contributed by atoms with Crippen LogP contribution in [0.2, 0.25) is 0 Å². The number of rotatable bonds is 5. The van der Waals surface area contributed by atoms with Crippen LogP contribution in [-0.2, 0) is 16.0 Å². The van der Waals surface area contributed by atoms with Crippen LogP contribution in [-0.4, -0.2) is 24.0 Å². The summed E-state index contributed by atoms with van der Waals surface area (Å²) in [6.07, 6.45) is 5.77. The predicted molar refractivity (Wildman–Crippen MR) is 88.3 cm³/mol. The molecule has 1 aliphatic carbocycles. The summed E-state index contributed by atoms with van der Waals surface area (Å²) in [5, 5.41) is 2.99. The van der Waals surface area contributed by atoms with Crippen molar-refractivity contribution in [1.29, 1.82) is 0 Å². The van der Waals surface area contributed by atoms with E-state index in [1.807, 2.05) is 13.0 Å². The van der Waals surface area contributed by atoms with Gasteiger partial charge >= 0.3 is 5.97 Å². The quantitative estimate of drug-likeness (QED) is 0.842. The lowest BCUT2D eigenvalue weighted by Crippen LogP contribution is -2.42. The van der Waals surface area contributed by atoms with Gasteiger partial charge in [0.15, 0.2) is 6.10 Å². The highest BCUT2D eigenvalue weighted by Crippen LogP contribution is 2.23. The minimum Gasteiger partial charge on any atom is -0.448 e. The third-order valence-electron chi connectivity index (χ3n) is 4.15. The molecule has 5 heteroatoms. The average Bonchev–Trinajstić information content (AvgIpc) is 2.89. The minimum atomic E-state index is -0.748. The molecule has 1 atom stereocenters. The fourth-order valence-corrected chi connectivity index (χ4v) is 3.81. The Kier molecular flexibility index (Phi) is 6.00. The van der Waals surface area contributed by atoms with E-state index in [9.17, 15) is 9.59 Å². The number of thiophene rings is 1. The largest absolute Gasteiger partial charge is 0.448 e. The van der Waals surface area contributed by atoms with Crippen LogP contribution in [0.5, 0.6) is 0 Å². The molecular formula is C17H25NO3S. The number of hydrogen-bond acceptors (Lipinski definition) is 4. The van der Waals surface area contributed by atoms with Gasteiger partial charge in [0.25, 0.3) is 5.91 Å². The summed E-state index contributed by atoms with van der Waals surface area (Å²) in [6.45, 7) is 5.69. The zero-order chi connectivity index (χ0) is 16.1. The van der Waals surface area contributed by atoms with E-state index in [4.69, 9.17) is 4.74 Å². The summed E-state index contributed by atoms with van der Waals surface area (Å²) in [7, 11) is 0. The number of esters is 1. The maximum absolute atomic E-state index is 12.1. The first kappa shape index (κ1) is 17.0. The van der Waals surface area contributed by atoms with E-state index in [1.165, 1.54) is 22.6 Å². The van der Waals surface area contributed by atoms with Crippen LogP contribution in [0, 0.1) is 6.92 Å². The van der Waals surface area contributed by atoms with Crippen molar-refractivity contribution in [3.8, 4) is 0 Å². The van der Waals surface area contributed by atoms with Crippen molar-refractivity contribution in [3.05, 3.63) is 21.4 Å². The standard InChI is InChI=1S/C17H25NO3S/c1-4-14-11(2)10-15(22-14)17(20)21-12(3)16(19)18-13-8-6-5-7-9-13/h10,12-13H,4-9H2,1-3H3,(H,18,19). The van der Waals surface area contributed by atoms with Crippen LogP contribution in [0.3, 0.4) is 0 Å². The van der Waals surface area contributed by atoms with Gasteiger partial charge in [-0.25, -0.2) is 4.79 Å². The Morgan fingerprint density at radius 3 is 2.64 bits per heavy atom. The third-order valence-corrected chi connectivity index (χ3v) is 5.51. The Balaban J connectivity index is 1.87. The van der Waals surface area contributed by atoms with Gasteiger partial charge in [-0.2, -0.15) is 0 Å². The summed E-state index contributed by atoms with van der Waals surface area (Å²) in [4.78, 5) is 26.0. The molecule has 1 aliphatic rings. The summed E-state index contributed by atoms with van der Waals surface area (Å²) >= 11 is 1.45. The van der Waals surface area contributed by atoms with E-state index < -0.39 is 12.1 Å². The van der Waals surface area contributed by atoms with Crippen molar-refractivity contribution in [2.75, 3.05) is 0 Å². The lowest BCUT2D eigenvalue weighted by Gasteiger charge is -2.24. The number of nitrogens with one attached hydrogen (secondary N) is 1. The first-order valence-corrected chi connectivity index (χ1v) is 8.93. The summed E-state index contributed by atoms with van der Waals surface area (Å²) in [5.74, 6) is -0.594. The molecule has 2 rings (SSSR count). The van der Waals surface area contributed by atoms with Gasteiger partial charge in [0.1, 0.15) is 4.88 Å². The fraction of sp³-hybridized carbons (Fsp3) is 0.647. The number of hydrogen-bond donors (Lipinski definition) is 1. The molecule has 1 aromatic rings. The van der Waals surface area contributed by atoms with Crippen molar-refractivity contribution < 1.29 is 14.3 Å². The highest BCUT2D eigenvalue weighted by atomic mass is 32.1. The Labute approximate surface area is 136 Å². The van der Waals surface area contributed by atoms with Crippen LogP contribution in [0.25, 0.3) is 0 Å². The Bertz CT molecular complexity index is 532. The van der Waals surface area contributed by atoms with Gasteiger partial charge in [0.2, 0.25) is 0 Å². The van der Waals surface area contributed by atoms with Crippen LogP contribution >= 0.6 is 11.3 Å². The third kappa shape index (κ3) is 4.32. The Morgan fingerprint density at radius 1 is 1.36 bits per heavy atom. The first-order chi connectivity index (χ1) is 10.5. The normalized spacial score (nSPS) is 17.0. The lowest BCUT2D eigenvalue weighted by molar-refractivity contribution is -0.130. The van der Waals surface area contributed by atoms with Crippen molar-refractivity contribution in [1.82, 2.24) is 5.32 Å². The van der Waals surface area contributed by atoms with E-state index >= 15 is 0 Å². The predicted octanol–water partition coefficient (Wildman–Crippen LogP) is 3.61. The number of ether oxygens (including phenoxy) is 1. The number of aryl methyl sites for hydroxylation is 2. The van der Waals surface area contributed by atoms with Gasteiger partial charge in [-0.15, -0.1) is 11.3 Å². The highest BCUT2D eigenvalue weighted by Gasteiger charge is 2.23. The van der Waals surface area contributed by atoms with Gasteiger partial charge in [-0.1, -0.05) is 26.2 Å². The van der Waals surface area contributed by atoms with Gasteiger partial charge in [-0.3, -0.25) is 4.79 Å². The maximum atomic E-state index is 12.1. The van der Waals surface area contributed by atoms with Crippen LogP contribution in [0.15, 0.2) is 6.07 Å². The molecule has 4 nitrogen and oxygen atoms in total. The zero-order valence-corrected chi connectivity index (χ0v) is 14.4. The van der Waals surface area contributed by atoms with Crippen LogP contribution in [0.4, 0.5) is 0 Å². The SMILES string of the molecule is CCc1sc(C(=O)OC(C)C(=O)NC2CCCCC2)cc1C. The molecule has 1 N–H and O–H groups in total. The van der Waals surface area contributed by atoms with E-state index in [2.05, 4.69) is 12.2 Å². The lowest BCUT2D eigenvalue weighted by atomic mass is 9.95.